The molecule has 3 aromatic rings. The van der Waals surface area contributed by atoms with Crippen LogP contribution in [0, 0.1) is 4.77 Å². The summed E-state index contributed by atoms with van der Waals surface area (Å²) in [5.41, 5.74) is 1.81. The minimum atomic E-state index is -0.961. The lowest BCUT2D eigenvalue weighted by Crippen LogP contribution is -2.04. The number of hydrogen-bond acceptors (Lipinski definition) is 3. The van der Waals surface area contributed by atoms with Gasteiger partial charge in [-0.25, -0.2) is 4.79 Å². The summed E-state index contributed by atoms with van der Waals surface area (Å²) in [5, 5.41) is 12.7. The maximum absolute atomic E-state index is 11.0. The summed E-state index contributed by atoms with van der Waals surface area (Å²) in [6.45, 7) is 0.400. The zero-order valence-electron chi connectivity index (χ0n) is 11.9. The highest BCUT2D eigenvalue weighted by molar-refractivity contribution is 7.71. The molecule has 2 aromatic carbocycles. The van der Waals surface area contributed by atoms with Gasteiger partial charge in [-0.1, -0.05) is 35.9 Å². The van der Waals surface area contributed by atoms with Crippen molar-refractivity contribution in [3.63, 3.8) is 0 Å². The van der Waals surface area contributed by atoms with Crippen LogP contribution < -0.4 is 0 Å². The highest BCUT2D eigenvalue weighted by atomic mass is 35.5. The first-order valence-corrected chi connectivity index (χ1v) is 7.57. The number of rotatable bonds is 4. The first-order chi connectivity index (χ1) is 11.0. The Bertz CT molecular complexity index is 933. The van der Waals surface area contributed by atoms with Crippen molar-refractivity contribution in [2.75, 3.05) is 0 Å². The number of carboxylic acid groups (broad SMARTS) is 1. The van der Waals surface area contributed by atoms with Gasteiger partial charge in [-0.3, -0.25) is 9.78 Å². The second-order valence-corrected chi connectivity index (χ2v) is 5.70. The normalized spacial score (nSPS) is 10.7. The average Bonchev–Trinajstić information content (AvgIpc) is 2.89. The first-order valence-electron chi connectivity index (χ1n) is 6.78. The molecule has 0 aliphatic rings. The molecule has 1 heterocycles. The van der Waals surface area contributed by atoms with E-state index in [2.05, 4.69) is 10.1 Å². The van der Waals surface area contributed by atoms with E-state index in [1.807, 2.05) is 24.3 Å². The summed E-state index contributed by atoms with van der Waals surface area (Å²) in [6.07, 6.45) is 0. The van der Waals surface area contributed by atoms with Crippen molar-refractivity contribution in [2.45, 2.75) is 6.54 Å². The number of aromatic nitrogens is 3. The van der Waals surface area contributed by atoms with Gasteiger partial charge in [0.1, 0.15) is 0 Å². The molecule has 2 N–H and O–H groups in total. The molecule has 5 nitrogen and oxygen atoms in total. The van der Waals surface area contributed by atoms with Crippen LogP contribution in [0.25, 0.3) is 11.4 Å². The van der Waals surface area contributed by atoms with Gasteiger partial charge in [-0.2, -0.15) is 4.98 Å². The largest absolute Gasteiger partial charge is 0.478 e. The van der Waals surface area contributed by atoms with Crippen molar-refractivity contribution in [2.24, 2.45) is 0 Å². The van der Waals surface area contributed by atoms with Crippen LogP contribution >= 0.6 is 23.8 Å². The molecule has 1 aromatic heterocycles. The molecule has 0 radical (unpaired) electrons. The zero-order valence-corrected chi connectivity index (χ0v) is 13.4. The van der Waals surface area contributed by atoms with Crippen LogP contribution in [-0.4, -0.2) is 25.8 Å². The third-order valence-electron chi connectivity index (χ3n) is 3.32. The third kappa shape index (κ3) is 3.33. The van der Waals surface area contributed by atoms with Gasteiger partial charge in [0.05, 0.1) is 17.1 Å². The highest BCUT2D eigenvalue weighted by Crippen LogP contribution is 2.24. The van der Waals surface area contributed by atoms with Crippen LogP contribution in [0.3, 0.4) is 0 Å². The zero-order chi connectivity index (χ0) is 16.4. The van der Waals surface area contributed by atoms with Crippen molar-refractivity contribution < 1.29 is 9.90 Å². The highest BCUT2D eigenvalue weighted by Gasteiger charge is 2.09. The smallest absolute Gasteiger partial charge is 0.335 e. The molecule has 116 valence electrons. The van der Waals surface area contributed by atoms with Crippen molar-refractivity contribution in [3.8, 4) is 11.4 Å². The van der Waals surface area contributed by atoms with E-state index in [0.717, 1.165) is 11.1 Å². The van der Waals surface area contributed by atoms with Gasteiger partial charge in [-0.15, -0.1) is 0 Å². The standard InChI is InChI=1S/C16H12ClN3O2S/c17-13-7-2-1-6-12(13)14-18-16(23)20(19-14)9-10-4-3-5-11(8-10)15(21)22/h1-8H,9H2,(H,21,22)(H,18,19,23). The summed E-state index contributed by atoms with van der Waals surface area (Å²) < 4.78 is 2.05. The number of nitrogens with one attached hydrogen (secondary N) is 1. The minimum absolute atomic E-state index is 0.236. The molecule has 0 aliphatic heterocycles. The van der Waals surface area contributed by atoms with Crippen LogP contribution in [0.4, 0.5) is 0 Å². The summed E-state index contributed by atoms with van der Waals surface area (Å²) in [7, 11) is 0. The van der Waals surface area contributed by atoms with Crippen LogP contribution in [0.2, 0.25) is 5.02 Å². The molecule has 0 saturated carbocycles. The summed E-state index contributed by atoms with van der Waals surface area (Å²) in [6, 6.07) is 14.0. The van der Waals surface area contributed by atoms with Crippen LogP contribution in [0.5, 0.6) is 0 Å². The minimum Gasteiger partial charge on any atom is -0.478 e. The molecule has 0 atom stereocenters. The van der Waals surface area contributed by atoms with E-state index in [4.69, 9.17) is 28.9 Å². The predicted octanol–water partition coefficient (Wildman–Crippen LogP) is 4.01. The maximum Gasteiger partial charge on any atom is 0.335 e. The number of aromatic amines is 1. The Labute approximate surface area is 142 Å². The molecule has 0 fully saturated rings. The lowest BCUT2D eigenvalue weighted by molar-refractivity contribution is 0.0696. The fourth-order valence-corrected chi connectivity index (χ4v) is 2.65. The fraction of sp³-hybridized carbons (Fsp3) is 0.0625. The molecular weight excluding hydrogens is 334 g/mol. The number of carbonyl (C=O) groups is 1. The van der Waals surface area contributed by atoms with Crippen LogP contribution in [-0.2, 0) is 6.54 Å². The van der Waals surface area contributed by atoms with Gasteiger partial charge < -0.3 is 5.11 Å². The topological polar surface area (TPSA) is 70.9 Å². The number of H-pyrrole nitrogens is 1. The summed E-state index contributed by atoms with van der Waals surface area (Å²) in [4.78, 5) is 15.4. The fourth-order valence-electron chi connectivity index (χ4n) is 2.22. The van der Waals surface area contributed by atoms with E-state index in [1.165, 1.54) is 0 Å². The second kappa shape index (κ2) is 6.36. The number of halogens is 1. The van der Waals surface area contributed by atoms with E-state index in [1.54, 1.807) is 28.9 Å². The SMILES string of the molecule is O=C(O)c1cccc(Cn2[nH]c(-c3ccccc3Cl)nc2=S)c1. The van der Waals surface area contributed by atoms with Crippen molar-refractivity contribution >= 4 is 29.8 Å². The predicted molar refractivity (Wildman–Crippen MR) is 90.4 cm³/mol. The molecule has 0 bridgehead atoms. The Kier molecular flexibility index (Phi) is 4.27. The van der Waals surface area contributed by atoms with E-state index in [9.17, 15) is 4.79 Å². The van der Waals surface area contributed by atoms with Gasteiger partial charge >= 0.3 is 5.97 Å². The molecule has 3 rings (SSSR count). The Hall–Kier alpha value is -2.44. The van der Waals surface area contributed by atoms with E-state index in [-0.39, 0.29) is 5.56 Å². The van der Waals surface area contributed by atoms with E-state index < -0.39 is 5.97 Å². The third-order valence-corrected chi connectivity index (χ3v) is 3.96. The molecule has 7 heteroatoms. The summed E-state index contributed by atoms with van der Waals surface area (Å²) in [5.74, 6) is -0.383. The Morgan fingerprint density at radius 2 is 2.04 bits per heavy atom. The molecular formula is C16H12ClN3O2S. The van der Waals surface area contributed by atoms with Crippen molar-refractivity contribution in [1.29, 1.82) is 0 Å². The lowest BCUT2D eigenvalue weighted by atomic mass is 10.1. The number of benzene rings is 2. The van der Waals surface area contributed by atoms with Crippen LogP contribution in [0.1, 0.15) is 15.9 Å². The van der Waals surface area contributed by atoms with Crippen molar-refractivity contribution in [1.82, 2.24) is 14.8 Å². The first kappa shape index (κ1) is 15.5. The van der Waals surface area contributed by atoms with Gasteiger partial charge in [0.15, 0.2) is 5.82 Å². The molecule has 0 amide bonds. The molecule has 0 unspecified atom stereocenters. The molecule has 0 aliphatic carbocycles. The van der Waals surface area contributed by atoms with E-state index >= 15 is 0 Å². The average molecular weight is 346 g/mol. The number of nitrogens with zero attached hydrogens (tertiary/aromatic N) is 2. The Morgan fingerprint density at radius 1 is 1.26 bits per heavy atom. The van der Waals surface area contributed by atoms with Gasteiger partial charge in [0.25, 0.3) is 0 Å². The second-order valence-electron chi connectivity index (χ2n) is 4.93. The maximum atomic E-state index is 11.0. The van der Waals surface area contributed by atoms with Gasteiger partial charge in [0, 0.05) is 5.56 Å². The van der Waals surface area contributed by atoms with Gasteiger partial charge in [0.2, 0.25) is 4.77 Å². The quantitative estimate of drug-likeness (QED) is 0.701. The van der Waals surface area contributed by atoms with Gasteiger partial charge in [-0.05, 0) is 42.0 Å². The molecule has 0 saturated heterocycles. The summed E-state index contributed by atoms with van der Waals surface area (Å²) >= 11 is 11.4. The Morgan fingerprint density at radius 3 is 2.78 bits per heavy atom. The number of aromatic carboxylic acids is 1. The molecule has 0 spiro atoms. The number of carboxylic acids is 1. The lowest BCUT2D eigenvalue weighted by Gasteiger charge is -2.04. The monoisotopic (exact) mass is 345 g/mol. The Balaban J connectivity index is 1.93. The van der Waals surface area contributed by atoms with Crippen molar-refractivity contribution in [3.05, 3.63) is 69.5 Å². The van der Waals surface area contributed by atoms with Crippen LogP contribution in [0.15, 0.2) is 48.5 Å². The molecule has 23 heavy (non-hydrogen) atoms. The number of hydrogen-bond donors (Lipinski definition) is 2. The van der Waals surface area contributed by atoms with E-state index in [0.29, 0.717) is 22.2 Å².